The second-order valence-corrected chi connectivity index (χ2v) is 4.26. The Labute approximate surface area is 104 Å². The van der Waals surface area contributed by atoms with Gasteiger partial charge in [0.1, 0.15) is 5.15 Å². The molecule has 2 rings (SSSR count). The van der Waals surface area contributed by atoms with E-state index in [1.165, 1.54) is 9.80 Å². The molecule has 1 saturated heterocycles. The standard InChI is InChI=1S/C11H12ClN3O2/c1-14-5-6-15(11(17)10(14)16)7-8-3-2-4-13-9(8)12/h2-4H,5-7H2,1H3. The van der Waals surface area contributed by atoms with Crippen molar-refractivity contribution < 1.29 is 9.59 Å². The number of pyridine rings is 1. The molecule has 0 bridgehead atoms. The molecule has 0 aliphatic carbocycles. The Morgan fingerprint density at radius 1 is 1.35 bits per heavy atom. The molecule has 1 aliphatic heterocycles. The fourth-order valence-corrected chi connectivity index (χ4v) is 1.85. The molecule has 1 aromatic heterocycles. The topological polar surface area (TPSA) is 53.5 Å². The maximum Gasteiger partial charge on any atom is 0.312 e. The van der Waals surface area contributed by atoms with E-state index in [0.29, 0.717) is 24.8 Å². The average molecular weight is 254 g/mol. The molecule has 2 heterocycles. The van der Waals surface area contributed by atoms with E-state index in [-0.39, 0.29) is 0 Å². The summed E-state index contributed by atoms with van der Waals surface area (Å²) in [5.41, 5.74) is 0.750. The Morgan fingerprint density at radius 3 is 2.82 bits per heavy atom. The smallest absolute Gasteiger partial charge is 0.312 e. The molecule has 6 heteroatoms. The van der Waals surface area contributed by atoms with Crippen molar-refractivity contribution in [2.75, 3.05) is 20.1 Å². The van der Waals surface area contributed by atoms with Gasteiger partial charge in [0.15, 0.2) is 0 Å². The first-order valence-corrected chi connectivity index (χ1v) is 5.61. The van der Waals surface area contributed by atoms with E-state index < -0.39 is 11.8 Å². The number of carbonyl (C=O) groups is 2. The van der Waals surface area contributed by atoms with Crippen molar-refractivity contribution in [3.63, 3.8) is 0 Å². The maximum atomic E-state index is 11.7. The normalized spacial score (nSPS) is 16.6. The fraction of sp³-hybridized carbons (Fsp3) is 0.364. The first-order valence-electron chi connectivity index (χ1n) is 5.23. The molecule has 5 nitrogen and oxygen atoms in total. The number of carbonyl (C=O) groups excluding carboxylic acids is 2. The number of nitrogens with zero attached hydrogens (tertiary/aromatic N) is 3. The number of amides is 2. The van der Waals surface area contributed by atoms with Crippen molar-refractivity contribution in [2.45, 2.75) is 6.54 Å². The predicted molar refractivity (Wildman–Crippen MR) is 62.3 cm³/mol. The van der Waals surface area contributed by atoms with E-state index in [2.05, 4.69) is 4.98 Å². The summed E-state index contributed by atoms with van der Waals surface area (Å²) in [6.07, 6.45) is 1.59. The molecule has 1 fully saturated rings. The van der Waals surface area contributed by atoms with Crippen LogP contribution >= 0.6 is 11.6 Å². The Kier molecular flexibility index (Phi) is 3.28. The zero-order chi connectivity index (χ0) is 12.4. The lowest BCUT2D eigenvalue weighted by Crippen LogP contribution is -2.52. The summed E-state index contributed by atoms with van der Waals surface area (Å²) in [6, 6.07) is 3.55. The fourth-order valence-electron chi connectivity index (χ4n) is 1.67. The van der Waals surface area contributed by atoms with E-state index in [1.54, 1.807) is 25.4 Å². The monoisotopic (exact) mass is 253 g/mol. The number of hydrogen-bond acceptors (Lipinski definition) is 3. The molecule has 90 valence electrons. The highest BCUT2D eigenvalue weighted by Crippen LogP contribution is 2.15. The van der Waals surface area contributed by atoms with Crippen molar-refractivity contribution in [1.82, 2.24) is 14.8 Å². The zero-order valence-electron chi connectivity index (χ0n) is 9.39. The third-order valence-electron chi connectivity index (χ3n) is 2.72. The van der Waals surface area contributed by atoms with Crippen LogP contribution in [0.2, 0.25) is 5.15 Å². The van der Waals surface area contributed by atoms with Crippen molar-refractivity contribution in [1.29, 1.82) is 0 Å². The summed E-state index contributed by atoms with van der Waals surface area (Å²) in [4.78, 5) is 30.1. The first kappa shape index (κ1) is 11.9. The van der Waals surface area contributed by atoms with E-state index in [0.717, 1.165) is 5.56 Å². The highest BCUT2D eigenvalue weighted by Gasteiger charge is 2.30. The van der Waals surface area contributed by atoms with E-state index in [1.807, 2.05) is 0 Å². The van der Waals surface area contributed by atoms with Crippen LogP contribution in [0.4, 0.5) is 0 Å². The van der Waals surface area contributed by atoms with Gasteiger partial charge >= 0.3 is 11.8 Å². The number of hydrogen-bond donors (Lipinski definition) is 0. The van der Waals surface area contributed by atoms with Gasteiger partial charge in [-0.1, -0.05) is 17.7 Å². The van der Waals surface area contributed by atoms with Crippen LogP contribution in [0.25, 0.3) is 0 Å². The van der Waals surface area contributed by atoms with Gasteiger partial charge in [-0.15, -0.1) is 0 Å². The summed E-state index contributed by atoms with van der Waals surface area (Å²) in [7, 11) is 1.62. The molecule has 1 aliphatic rings. The minimum atomic E-state index is -0.487. The molecule has 17 heavy (non-hydrogen) atoms. The van der Waals surface area contributed by atoms with Gasteiger partial charge in [0.25, 0.3) is 0 Å². The molecule has 0 unspecified atom stereocenters. The molecular weight excluding hydrogens is 242 g/mol. The van der Waals surface area contributed by atoms with Gasteiger partial charge in [-0.3, -0.25) is 9.59 Å². The first-order chi connectivity index (χ1) is 8.09. The van der Waals surface area contributed by atoms with Gasteiger partial charge in [0.2, 0.25) is 0 Å². The molecule has 0 N–H and O–H groups in total. The van der Waals surface area contributed by atoms with Crippen molar-refractivity contribution in [3.05, 3.63) is 29.0 Å². The molecule has 0 atom stereocenters. The van der Waals surface area contributed by atoms with E-state index in [4.69, 9.17) is 11.6 Å². The highest BCUT2D eigenvalue weighted by atomic mass is 35.5. The van der Waals surface area contributed by atoms with Crippen LogP contribution in [-0.2, 0) is 16.1 Å². The zero-order valence-corrected chi connectivity index (χ0v) is 10.1. The van der Waals surface area contributed by atoms with Gasteiger partial charge in [0.05, 0.1) is 0 Å². The lowest BCUT2D eigenvalue weighted by atomic mass is 10.2. The third kappa shape index (κ3) is 2.39. The Hall–Kier alpha value is -1.62. The summed E-state index contributed by atoms with van der Waals surface area (Å²) in [5, 5.41) is 0.367. The minimum Gasteiger partial charge on any atom is -0.336 e. The summed E-state index contributed by atoms with van der Waals surface area (Å²) >= 11 is 5.91. The van der Waals surface area contributed by atoms with Crippen molar-refractivity contribution in [3.8, 4) is 0 Å². The molecule has 0 radical (unpaired) electrons. The Morgan fingerprint density at radius 2 is 2.12 bits per heavy atom. The molecule has 2 amide bonds. The van der Waals surface area contributed by atoms with Crippen LogP contribution in [0, 0.1) is 0 Å². The van der Waals surface area contributed by atoms with Gasteiger partial charge < -0.3 is 9.80 Å². The lowest BCUT2D eigenvalue weighted by Gasteiger charge is -2.31. The van der Waals surface area contributed by atoms with Crippen LogP contribution in [0.1, 0.15) is 5.56 Å². The van der Waals surface area contributed by atoms with Crippen LogP contribution in [-0.4, -0.2) is 46.7 Å². The van der Waals surface area contributed by atoms with Crippen LogP contribution in [0.3, 0.4) is 0 Å². The van der Waals surface area contributed by atoms with Gasteiger partial charge in [-0.2, -0.15) is 0 Å². The van der Waals surface area contributed by atoms with Crippen LogP contribution < -0.4 is 0 Å². The quantitative estimate of drug-likeness (QED) is 0.571. The van der Waals surface area contributed by atoms with Gasteiger partial charge in [0, 0.05) is 38.4 Å². The Bertz CT molecular complexity index is 464. The average Bonchev–Trinajstić information content (AvgIpc) is 2.32. The van der Waals surface area contributed by atoms with Crippen LogP contribution in [0.15, 0.2) is 18.3 Å². The lowest BCUT2D eigenvalue weighted by molar-refractivity contribution is -0.155. The van der Waals surface area contributed by atoms with Gasteiger partial charge in [-0.05, 0) is 6.07 Å². The molecule has 0 spiro atoms. The molecular formula is C11H12ClN3O2. The number of aromatic nitrogens is 1. The summed E-state index contributed by atoms with van der Waals surface area (Å²) in [5.74, 6) is -0.963. The van der Waals surface area contributed by atoms with E-state index in [9.17, 15) is 9.59 Å². The second-order valence-electron chi connectivity index (χ2n) is 3.91. The molecule has 1 aromatic rings. The summed E-state index contributed by atoms with van der Waals surface area (Å²) < 4.78 is 0. The largest absolute Gasteiger partial charge is 0.336 e. The van der Waals surface area contributed by atoms with Gasteiger partial charge in [-0.25, -0.2) is 4.98 Å². The predicted octanol–water partition coefficient (Wildman–Crippen LogP) is 0.536. The van der Waals surface area contributed by atoms with E-state index >= 15 is 0 Å². The number of likely N-dealkylation sites (N-methyl/N-ethyl adjacent to an activating group) is 1. The molecule has 0 aromatic carbocycles. The minimum absolute atomic E-state index is 0.324. The SMILES string of the molecule is CN1CCN(Cc2cccnc2Cl)C(=O)C1=O. The number of rotatable bonds is 2. The van der Waals surface area contributed by atoms with Crippen molar-refractivity contribution >= 4 is 23.4 Å². The molecule has 0 saturated carbocycles. The third-order valence-corrected chi connectivity index (χ3v) is 3.06. The summed E-state index contributed by atoms with van der Waals surface area (Å²) in [6.45, 7) is 1.39. The van der Waals surface area contributed by atoms with Crippen molar-refractivity contribution in [2.24, 2.45) is 0 Å². The van der Waals surface area contributed by atoms with Crippen LogP contribution in [0.5, 0.6) is 0 Å². The maximum absolute atomic E-state index is 11.7. The highest BCUT2D eigenvalue weighted by molar-refractivity contribution is 6.35. The Balaban J connectivity index is 2.12. The number of piperazine rings is 1. The second kappa shape index (κ2) is 4.71. The number of halogens is 1.